The SMILES string of the molecule is CC(C)CN(c1ccc(F)cc1C#N)C(C)C. The third kappa shape index (κ3) is 3.45. The Balaban J connectivity index is 3.14. The molecular weight excluding hydrogens is 215 g/mol. The van der Waals surface area contributed by atoms with Crippen molar-refractivity contribution >= 4 is 5.69 Å². The van der Waals surface area contributed by atoms with E-state index in [0.29, 0.717) is 11.5 Å². The first-order valence-corrected chi connectivity index (χ1v) is 5.92. The van der Waals surface area contributed by atoms with Crippen LogP contribution in [0.2, 0.25) is 0 Å². The molecular formula is C14H19FN2. The maximum atomic E-state index is 13.1. The van der Waals surface area contributed by atoms with E-state index >= 15 is 0 Å². The van der Waals surface area contributed by atoms with Gasteiger partial charge in [-0.3, -0.25) is 0 Å². The molecule has 1 aromatic rings. The molecule has 92 valence electrons. The standard InChI is InChI=1S/C14H19FN2/c1-10(2)9-17(11(3)4)14-6-5-13(15)7-12(14)8-16/h5-7,10-11H,9H2,1-4H3. The van der Waals surface area contributed by atoms with Crippen molar-refractivity contribution in [2.75, 3.05) is 11.4 Å². The molecule has 17 heavy (non-hydrogen) atoms. The zero-order valence-electron chi connectivity index (χ0n) is 10.9. The first kappa shape index (κ1) is 13.5. The van der Waals surface area contributed by atoms with Crippen LogP contribution in [0.3, 0.4) is 0 Å². The second-order valence-corrected chi connectivity index (χ2v) is 4.91. The van der Waals surface area contributed by atoms with Crippen LogP contribution in [0, 0.1) is 23.1 Å². The van der Waals surface area contributed by atoms with Crippen LogP contribution in [-0.2, 0) is 0 Å². The summed E-state index contributed by atoms with van der Waals surface area (Å²) >= 11 is 0. The lowest BCUT2D eigenvalue weighted by atomic mass is 10.1. The van der Waals surface area contributed by atoms with E-state index in [9.17, 15) is 4.39 Å². The van der Waals surface area contributed by atoms with E-state index in [2.05, 4.69) is 38.7 Å². The fourth-order valence-corrected chi connectivity index (χ4v) is 1.83. The van der Waals surface area contributed by atoms with Crippen molar-refractivity contribution in [1.82, 2.24) is 0 Å². The van der Waals surface area contributed by atoms with Gasteiger partial charge in [-0.05, 0) is 38.0 Å². The first-order valence-electron chi connectivity index (χ1n) is 5.92. The van der Waals surface area contributed by atoms with Crippen molar-refractivity contribution in [2.45, 2.75) is 33.7 Å². The molecule has 1 aromatic carbocycles. The molecule has 0 saturated heterocycles. The second-order valence-electron chi connectivity index (χ2n) is 4.91. The molecule has 0 N–H and O–H groups in total. The molecule has 0 unspecified atom stereocenters. The van der Waals surface area contributed by atoms with Gasteiger partial charge < -0.3 is 4.90 Å². The third-order valence-electron chi connectivity index (χ3n) is 2.57. The number of hydrogen-bond acceptors (Lipinski definition) is 2. The van der Waals surface area contributed by atoms with Gasteiger partial charge in [-0.2, -0.15) is 5.26 Å². The summed E-state index contributed by atoms with van der Waals surface area (Å²) in [6.07, 6.45) is 0. The zero-order valence-corrected chi connectivity index (χ0v) is 10.9. The summed E-state index contributed by atoms with van der Waals surface area (Å²) in [6, 6.07) is 6.75. The van der Waals surface area contributed by atoms with Gasteiger partial charge in [-0.25, -0.2) is 4.39 Å². The summed E-state index contributed by atoms with van der Waals surface area (Å²) in [5.41, 5.74) is 1.22. The van der Waals surface area contributed by atoms with Gasteiger partial charge >= 0.3 is 0 Å². The smallest absolute Gasteiger partial charge is 0.124 e. The Kier molecular flexibility index (Phi) is 4.51. The first-order chi connectivity index (χ1) is 7.95. The average Bonchev–Trinajstić information content (AvgIpc) is 2.25. The van der Waals surface area contributed by atoms with Crippen molar-refractivity contribution in [3.63, 3.8) is 0 Å². The predicted octanol–water partition coefficient (Wildman–Crippen LogP) is 3.57. The van der Waals surface area contributed by atoms with Crippen LogP contribution in [-0.4, -0.2) is 12.6 Å². The summed E-state index contributed by atoms with van der Waals surface area (Å²) in [5.74, 6) is 0.132. The number of benzene rings is 1. The Bertz CT molecular complexity index is 419. The van der Waals surface area contributed by atoms with Gasteiger partial charge in [-0.1, -0.05) is 13.8 Å². The topological polar surface area (TPSA) is 27.0 Å². The number of anilines is 1. The quantitative estimate of drug-likeness (QED) is 0.796. The third-order valence-corrected chi connectivity index (χ3v) is 2.57. The minimum atomic E-state index is -0.362. The normalized spacial score (nSPS) is 10.7. The van der Waals surface area contributed by atoms with Gasteiger partial charge in [0.25, 0.3) is 0 Å². The Hall–Kier alpha value is -1.56. The molecule has 0 atom stereocenters. The lowest BCUT2D eigenvalue weighted by molar-refractivity contribution is 0.569. The minimum Gasteiger partial charge on any atom is -0.368 e. The van der Waals surface area contributed by atoms with Crippen LogP contribution in [0.4, 0.5) is 10.1 Å². The second kappa shape index (κ2) is 5.67. The van der Waals surface area contributed by atoms with E-state index in [1.54, 1.807) is 6.07 Å². The number of hydrogen-bond donors (Lipinski definition) is 0. The van der Waals surface area contributed by atoms with Crippen molar-refractivity contribution in [2.24, 2.45) is 5.92 Å². The van der Waals surface area contributed by atoms with Gasteiger partial charge in [0.15, 0.2) is 0 Å². The van der Waals surface area contributed by atoms with Gasteiger partial charge in [0.05, 0.1) is 11.3 Å². The molecule has 1 rings (SSSR count). The maximum absolute atomic E-state index is 13.1. The largest absolute Gasteiger partial charge is 0.368 e. The maximum Gasteiger partial charge on any atom is 0.124 e. The molecule has 0 aliphatic heterocycles. The molecule has 0 saturated carbocycles. The van der Waals surface area contributed by atoms with Gasteiger partial charge in [0.1, 0.15) is 11.9 Å². The number of nitrogens with zero attached hydrogens (tertiary/aromatic N) is 2. The molecule has 0 heterocycles. The summed E-state index contributed by atoms with van der Waals surface area (Å²) in [5, 5.41) is 9.06. The van der Waals surface area contributed by atoms with Gasteiger partial charge in [-0.15, -0.1) is 0 Å². The van der Waals surface area contributed by atoms with E-state index in [1.165, 1.54) is 12.1 Å². The van der Waals surface area contributed by atoms with E-state index < -0.39 is 0 Å². The monoisotopic (exact) mass is 234 g/mol. The highest BCUT2D eigenvalue weighted by Crippen LogP contribution is 2.24. The van der Waals surface area contributed by atoms with Gasteiger partial charge in [0, 0.05) is 12.6 Å². The van der Waals surface area contributed by atoms with Crippen molar-refractivity contribution in [3.05, 3.63) is 29.6 Å². The highest BCUT2D eigenvalue weighted by atomic mass is 19.1. The summed E-state index contributed by atoms with van der Waals surface area (Å²) in [7, 11) is 0. The highest BCUT2D eigenvalue weighted by molar-refractivity contribution is 5.59. The molecule has 0 radical (unpaired) electrons. The van der Waals surface area contributed by atoms with E-state index in [1.807, 2.05) is 0 Å². The van der Waals surface area contributed by atoms with Crippen molar-refractivity contribution in [1.29, 1.82) is 5.26 Å². The van der Waals surface area contributed by atoms with Crippen LogP contribution in [0.1, 0.15) is 33.3 Å². The molecule has 2 nitrogen and oxygen atoms in total. The van der Waals surface area contributed by atoms with Crippen LogP contribution in [0.25, 0.3) is 0 Å². The fourth-order valence-electron chi connectivity index (χ4n) is 1.83. The Morgan fingerprint density at radius 1 is 1.29 bits per heavy atom. The summed E-state index contributed by atoms with van der Waals surface area (Å²) in [4.78, 5) is 2.14. The highest BCUT2D eigenvalue weighted by Gasteiger charge is 2.16. The summed E-state index contributed by atoms with van der Waals surface area (Å²) < 4.78 is 13.1. The lowest BCUT2D eigenvalue weighted by Gasteiger charge is -2.31. The molecule has 3 heteroatoms. The average molecular weight is 234 g/mol. The predicted molar refractivity (Wildman–Crippen MR) is 68.4 cm³/mol. The number of halogens is 1. The van der Waals surface area contributed by atoms with E-state index in [0.717, 1.165) is 12.2 Å². The van der Waals surface area contributed by atoms with Crippen LogP contribution in [0.5, 0.6) is 0 Å². The number of rotatable bonds is 4. The lowest BCUT2D eigenvalue weighted by Crippen LogP contribution is -2.34. The van der Waals surface area contributed by atoms with Crippen molar-refractivity contribution < 1.29 is 4.39 Å². The van der Waals surface area contributed by atoms with Crippen molar-refractivity contribution in [3.8, 4) is 6.07 Å². The van der Waals surface area contributed by atoms with Crippen LogP contribution >= 0.6 is 0 Å². The van der Waals surface area contributed by atoms with E-state index in [4.69, 9.17) is 5.26 Å². The Labute approximate surface area is 103 Å². The molecule has 0 aliphatic carbocycles. The fraction of sp³-hybridized carbons (Fsp3) is 0.500. The Morgan fingerprint density at radius 2 is 1.94 bits per heavy atom. The molecule has 0 spiro atoms. The Morgan fingerprint density at radius 3 is 2.41 bits per heavy atom. The molecule has 0 fully saturated rings. The minimum absolute atomic E-state index is 0.287. The molecule has 0 bridgehead atoms. The zero-order chi connectivity index (χ0) is 13.0. The van der Waals surface area contributed by atoms with Crippen LogP contribution in [0.15, 0.2) is 18.2 Å². The molecule has 0 amide bonds. The van der Waals surface area contributed by atoms with Crippen LogP contribution < -0.4 is 4.90 Å². The number of nitriles is 1. The van der Waals surface area contributed by atoms with E-state index in [-0.39, 0.29) is 11.9 Å². The molecule has 0 aromatic heterocycles. The van der Waals surface area contributed by atoms with Gasteiger partial charge in [0.2, 0.25) is 0 Å². The molecule has 0 aliphatic rings. The summed E-state index contributed by atoms with van der Waals surface area (Å²) in [6.45, 7) is 9.27.